The van der Waals surface area contributed by atoms with Gasteiger partial charge in [-0.1, -0.05) is 29.3 Å². The third-order valence-corrected chi connectivity index (χ3v) is 3.70. The number of rotatable bonds is 5. The minimum Gasteiger partial charge on any atom is -0.508 e. The SMILES string of the molecule is COc1cc(O)ccc1C=NNC(=O)Cc1ccc(Cl)c(Cl)c1. The van der Waals surface area contributed by atoms with Crippen LogP contribution in [-0.2, 0) is 11.2 Å². The molecule has 0 aliphatic carbocycles. The van der Waals surface area contributed by atoms with Gasteiger partial charge in [0.2, 0.25) is 5.91 Å². The molecule has 0 aliphatic heterocycles. The fourth-order valence-electron chi connectivity index (χ4n) is 1.85. The molecule has 0 saturated heterocycles. The number of ether oxygens (including phenoxy) is 1. The van der Waals surface area contributed by atoms with E-state index in [2.05, 4.69) is 10.5 Å². The fraction of sp³-hybridized carbons (Fsp3) is 0.125. The quantitative estimate of drug-likeness (QED) is 0.639. The molecule has 0 spiro atoms. The molecule has 2 rings (SSSR count). The van der Waals surface area contributed by atoms with Crippen LogP contribution in [0.3, 0.4) is 0 Å². The summed E-state index contributed by atoms with van der Waals surface area (Å²) < 4.78 is 5.11. The van der Waals surface area contributed by atoms with Crippen LogP contribution in [0.25, 0.3) is 0 Å². The monoisotopic (exact) mass is 352 g/mol. The zero-order chi connectivity index (χ0) is 16.8. The largest absolute Gasteiger partial charge is 0.508 e. The first-order chi connectivity index (χ1) is 11.0. The van der Waals surface area contributed by atoms with Gasteiger partial charge in [0.05, 0.1) is 29.8 Å². The van der Waals surface area contributed by atoms with E-state index in [1.54, 1.807) is 24.3 Å². The van der Waals surface area contributed by atoms with Crippen LogP contribution in [-0.4, -0.2) is 24.3 Å². The maximum atomic E-state index is 11.8. The van der Waals surface area contributed by atoms with Crippen LogP contribution in [0.5, 0.6) is 11.5 Å². The Bertz CT molecular complexity index is 748. The number of amides is 1. The first-order valence-corrected chi connectivity index (χ1v) is 7.38. The van der Waals surface area contributed by atoms with Crippen LogP contribution in [0, 0.1) is 0 Å². The number of benzene rings is 2. The van der Waals surface area contributed by atoms with Crippen molar-refractivity contribution in [2.45, 2.75) is 6.42 Å². The lowest BCUT2D eigenvalue weighted by Crippen LogP contribution is -2.19. The van der Waals surface area contributed by atoms with Gasteiger partial charge in [0.25, 0.3) is 0 Å². The smallest absolute Gasteiger partial charge is 0.244 e. The van der Waals surface area contributed by atoms with Gasteiger partial charge in [-0.3, -0.25) is 4.79 Å². The van der Waals surface area contributed by atoms with Gasteiger partial charge in [0, 0.05) is 11.6 Å². The maximum Gasteiger partial charge on any atom is 0.244 e. The highest BCUT2D eigenvalue weighted by atomic mass is 35.5. The van der Waals surface area contributed by atoms with Crippen molar-refractivity contribution in [2.24, 2.45) is 5.10 Å². The van der Waals surface area contributed by atoms with E-state index in [9.17, 15) is 9.90 Å². The van der Waals surface area contributed by atoms with Gasteiger partial charge >= 0.3 is 0 Å². The van der Waals surface area contributed by atoms with E-state index >= 15 is 0 Å². The maximum absolute atomic E-state index is 11.8. The molecule has 5 nitrogen and oxygen atoms in total. The summed E-state index contributed by atoms with van der Waals surface area (Å²) in [7, 11) is 1.48. The molecule has 2 aromatic carbocycles. The average Bonchev–Trinajstić information content (AvgIpc) is 2.52. The second kappa shape index (κ2) is 7.85. The predicted molar refractivity (Wildman–Crippen MR) is 90.6 cm³/mol. The molecule has 23 heavy (non-hydrogen) atoms. The topological polar surface area (TPSA) is 70.9 Å². The van der Waals surface area contributed by atoms with E-state index in [0.29, 0.717) is 21.4 Å². The molecule has 2 N–H and O–H groups in total. The molecule has 2 aromatic rings. The highest BCUT2D eigenvalue weighted by Crippen LogP contribution is 2.23. The summed E-state index contributed by atoms with van der Waals surface area (Å²) >= 11 is 11.7. The van der Waals surface area contributed by atoms with Gasteiger partial charge in [-0.25, -0.2) is 5.43 Å². The summed E-state index contributed by atoms with van der Waals surface area (Å²) in [5.41, 5.74) is 3.77. The Morgan fingerprint density at radius 3 is 2.74 bits per heavy atom. The number of carbonyl (C=O) groups excluding carboxylic acids is 1. The van der Waals surface area contributed by atoms with E-state index in [-0.39, 0.29) is 18.1 Å². The third kappa shape index (κ3) is 4.87. The summed E-state index contributed by atoms with van der Waals surface area (Å²) in [6.07, 6.45) is 1.56. The summed E-state index contributed by atoms with van der Waals surface area (Å²) in [6.45, 7) is 0. The number of phenols is 1. The summed E-state index contributed by atoms with van der Waals surface area (Å²) in [5, 5.41) is 14.1. The molecule has 0 aromatic heterocycles. The zero-order valence-corrected chi connectivity index (χ0v) is 13.7. The molecule has 1 amide bonds. The Morgan fingerprint density at radius 1 is 1.26 bits per heavy atom. The molecule has 0 aliphatic rings. The van der Waals surface area contributed by atoms with E-state index in [4.69, 9.17) is 27.9 Å². The molecule has 0 unspecified atom stereocenters. The zero-order valence-electron chi connectivity index (χ0n) is 12.2. The fourth-order valence-corrected chi connectivity index (χ4v) is 2.18. The third-order valence-electron chi connectivity index (χ3n) is 2.96. The van der Waals surface area contributed by atoms with E-state index in [1.165, 1.54) is 25.5 Å². The lowest BCUT2D eigenvalue weighted by atomic mass is 10.1. The summed E-state index contributed by atoms with van der Waals surface area (Å²) in [6, 6.07) is 9.58. The molecule has 7 heteroatoms. The van der Waals surface area contributed by atoms with Crippen LogP contribution < -0.4 is 10.2 Å². The van der Waals surface area contributed by atoms with Crippen molar-refractivity contribution in [3.05, 3.63) is 57.6 Å². The van der Waals surface area contributed by atoms with E-state index < -0.39 is 0 Å². The number of aromatic hydroxyl groups is 1. The van der Waals surface area contributed by atoms with Gasteiger partial charge in [-0.15, -0.1) is 0 Å². The Morgan fingerprint density at radius 2 is 2.04 bits per heavy atom. The molecule has 120 valence electrons. The number of phenolic OH excluding ortho intramolecular Hbond substituents is 1. The Balaban J connectivity index is 1.97. The lowest BCUT2D eigenvalue weighted by Gasteiger charge is -2.05. The van der Waals surface area contributed by atoms with Crippen LogP contribution >= 0.6 is 23.2 Å². The molecule has 0 bridgehead atoms. The number of methoxy groups -OCH3 is 1. The van der Waals surface area contributed by atoms with E-state index in [0.717, 1.165) is 5.56 Å². The molecule has 0 atom stereocenters. The van der Waals surface area contributed by atoms with Crippen molar-refractivity contribution < 1.29 is 14.6 Å². The second-order valence-corrected chi connectivity index (χ2v) is 5.46. The van der Waals surface area contributed by atoms with Crippen molar-refractivity contribution in [2.75, 3.05) is 7.11 Å². The van der Waals surface area contributed by atoms with Crippen LogP contribution in [0.2, 0.25) is 10.0 Å². The number of hydrazone groups is 1. The van der Waals surface area contributed by atoms with Crippen LogP contribution in [0.1, 0.15) is 11.1 Å². The van der Waals surface area contributed by atoms with Crippen molar-refractivity contribution >= 4 is 35.3 Å². The average molecular weight is 353 g/mol. The number of nitrogens with zero attached hydrogens (tertiary/aromatic N) is 1. The molecular formula is C16H14Cl2N2O3. The second-order valence-electron chi connectivity index (χ2n) is 4.64. The number of hydrogen-bond donors (Lipinski definition) is 2. The van der Waals surface area contributed by atoms with Gasteiger partial charge in [0.15, 0.2) is 0 Å². The Hall–Kier alpha value is -2.24. The predicted octanol–water partition coefficient (Wildman–Crippen LogP) is 3.40. The van der Waals surface area contributed by atoms with E-state index in [1.807, 2.05) is 0 Å². The lowest BCUT2D eigenvalue weighted by molar-refractivity contribution is -0.120. The minimum absolute atomic E-state index is 0.0858. The summed E-state index contributed by atoms with van der Waals surface area (Å²) in [5.74, 6) is 0.243. The molecule has 0 heterocycles. The highest BCUT2D eigenvalue weighted by molar-refractivity contribution is 6.42. The molecular weight excluding hydrogens is 339 g/mol. The standard InChI is InChI=1S/C16H14Cl2N2O3/c1-23-15-8-12(21)4-3-11(15)9-19-20-16(22)7-10-2-5-13(17)14(18)6-10/h2-6,8-9,21H,7H2,1H3,(H,20,22). The van der Waals surface area contributed by atoms with Gasteiger partial charge in [0.1, 0.15) is 11.5 Å². The molecule has 0 fully saturated rings. The Labute approximate surface area is 143 Å². The molecule has 0 radical (unpaired) electrons. The summed E-state index contributed by atoms with van der Waals surface area (Å²) in [4.78, 5) is 11.8. The number of nitrogens with one attached hydrogen (secondary N) is 1. The first-order valence-electron chi connectivity index (χ1n) is 6.62. The normalized spacial score (nSPS) is 10.7. The van der Waals surface area contributed by atoms with Gasteiger partial charge in [-0.2, -0.15) is 5.10 Å². The minimum atomic E-state index is -0.294. The van der Waals surface area contributed by atoms with Crippen molar-refractivity contribution in [1.29, 1.82) is 0 Å². The van der Waals surface area contributed by atoms with Gasteiger partial charge < -0.3 is 9.84 Å². The number of carbonyl (C=O) groups is 1. The first kappa shape index (κ1) is 17.1. The number of halogens is 2. The van der Waals surface area contributed by atoms with Crippen LogP contribution in [0.15, 0.2) is 41.5 Å². The van der Waals surface area contributed by atoms with Crippen molar-refractivity contribution in [3.63, 3.8) is 0 Å². The number of hydrogen-bond acceptors (Lipinski definition) is 4. The molecule has 0 saturated carbocycles. The van der Waals surface area contributed by atoms with Crippen molar-refractivity contribution in [1.82, 2.24) is 5.43 Å². The highest BCUT2D eigenvalue weighted by Gasteiger charge is 2.05. The van der Waals surface area contributed by atoms with Gasteiger partial charge in [-0.05, 0) is 29.8 Å². The van der Waals surface area contributed by atoms with Crippen molar-refractivity contribution in [3.8, 4) is 11.5 Å². The van der Waals surface area contributed by atoms with Crippen LogP contribution in [0.4, 0.5) is 0 Å². The Kier molecular flexibility index (Phi) is 5.84.